The molecule has 0 atom stereocenters. The maximum atomic E-state index is 13.0. The van der Waals surface area contributed by atoms with Crippen LogP contribution in [0.2, 0.25) is 5.02 Å². The molecule has 8 heteroatoms. The van der Waals surface area contributed by atoms with E-state index in [0.29, 0.717) is 41.2 Å². The van der Waals surface area contributed by atoms with Crippen LogP contribution in [0.3, 0.4) is 0 Å². The van der Waals surface area contributed by atoms with Crippen molar-refractivity contribution < 1.29 is 9.53 Å². The van der Waals surface area contributed by atoms with Crippen molar-refractivity contribution in [3.8, 4) is 17.0 Å². The zero-order valence-corrected chi connectivity index (χ0v) is 18.7. The van der Waals surface area contributed by atoms with E-state index in [0.717, 1.165) is 36.8 Å². The summed E-state index contributed by atoms with van der Waals surface area (Å²) in [5.41, 5.74) is 2.83. The molecule has 1 saturated heterocycles. The van der Waals surface area contributed by atoms with Crippen molar-refractivity contribution in [1.29, 1.82) is 0 Å². The lowest BCUT2D eigenvalue weighted by atomic mass is 10.0. The van der Waals surface area contributed by atoms with Crippen LogP contribution in [0, 0.1) is 0 Å². The number of hydrogen-bond donors (Lipinski definition) is 0. The summed E-state index contributed by atoms with van der Waals surface area (Å²) in [7, 11) is 0. The molecule has 33 heavy (non-hydrogen) atoms. The molecule has 6 rings (SSSR count). The van der Waals surface area contributed by atoms with Crippen molar-refractivity contribution in [2.75, 3.05) is 13.1 Å². The minimum Gasteiger partial charge on any atom is -0.490 e. The number of amides is 1. The SMILES string of the molecule is O=C(c1ncccc1C1CC1)N1CC(n2nc(-c3ccc(Cl)cc3OC3CC3)ccc2=O)C1. The number of benzene rings is 1. The highest BCUT2D eigenvalue weighted by Crippen LogP contribution is 2.41. The van der Waals surface area contributed by atoms with E-state index in [1.54, 1.807) is 29.3 Å². The fraction of sp³-hybridized carbons (Fsp3) is 0.360. The zero-order valence-electron chi connectivity index (χ0n) is 18.0. The van der Waals surface area contributed by atoms with Crippen molar-refractivity contribution in [2.24, 2.45) is 0 Å². The first-order chi connectivity index (χ1) is 16.1. The van der Waals surface area contributed by atoms with Gasteiger partial charge in [0.05, 0.1) is 17.8 Å². The van der Waals surface area contributed by atoms with Crippen LogP contribution in [0.5, 0.6) is 5.75 Å². The maximum Gasteiger partial charge on any atom is 0.272 e. The Kier molecular flexibility index (Phi) is 4.94. The van der Waals surface area contributed by atoms with Gasteiger partial charge in [0, 0.05) is 35.9 Å². The Morgan fingerprint density at radius 3 is 2.64 bits per heavy atom. The molecule has 2 aromatic heterocycles. The van der Waals surface area contributed by atoms with Crippen molar-refractivity contribution in [2.45, 2.75) is 43.7 Å². The van der Waals surface area contributed by atoms with Crippen LogP contribution < -0.4 is 10.3 Å². The Hall–Kier alpha value is -3.19. The number of halogens is 1. The number of carbonyl (C=O) groups excluding carboxylic acids is 1. The Morgan fingerprint density at radius 1 is 1.06 bits per heavy atom. The highest BCUT2D eigenvalue weighted by Gasteiger charge is 2.37. The van der Waals surface area contributed by atoms with Gasteiger partial charge in [-0.3, -0.25) is 14.6 Å². The highest BCUT2D eigenvalue weighted by molar-refractivity contribution is 6.30. The van der Waals surface area contributed by atoms with Gasteiger partial charge in [0.25, 0.3) is 11.5 Å². The van der Waals surface area contributed by atoms with Gasteiger partial charge in [-0.2, -0.15) is 5.10 Å². The number of hydrogen-bond acceptors (Lipinski definition) is 5. The van der Waals surface area contributed by atoms with E-state index in [-0.39, 0.29) is 23.6 Å². The fourth-order valence-corrected chi connectivity index (χ4v) is 4.41. The second kappa shape index (κ2) is 7.99. The number of rotatable bonds is 6. The van der Waals surface area contributed by atoms with E-state index < -0.39 is 0 Å². The summed E-state index contributed by atoms with van der Waals surface area (Å²) in [6, 6.07) is 12.4. The largest absolute Gasteiger partial charge is 0.490 e. The molecule has 1 aliphatic heterocycles. The van der Waals surface area contributed by atoms with Crippen LogP contribution in [-0.4, -0.2) is 44.8 Å². The predicted octanol–water partition coefficient (Wildman–Crippen LogP) is 4.07. The molecule has 0 unspecified atom stereocenters. The van der Waals surface area contributed by atoms with Crippen LogP contribution in [-0.2, 0) is 0 Å². The third kappa shape index (κ3) is 4.02. The minimum atomic E-state index is -0.189. The summed E-state index contributed by atoms with van der Waals surface area (Å²) >= 11 is 6.18. The van der Waals surface area contributed by atoms with Crippen LogP contribution in [0.1, 0.15) is 53.7 Å². The summed E-state index contributed by atoms with van der Waals surface area (Å²) in [6.45, 7) is 0.865. The fourth-order valence-electron chi connectivity index (χ4n) is 4.25. The van der Waals surface area contributed by atoms with Crippen LogP contribution in [0.4, 0.5) is 0 Å². The molecule has 3 aromatic rings. The number of ether oxygens (including phenoxy) is 1. The number of carbonyl (C=O) groups is 1. The molecule has 0 spiro atoms. The van der Waals surface area contributed by atoms with Gasteiger partial charge in [-0.25, -0.2) is 4.68 Å². The molecule has 1 aromatic carbocycles. The van der Waals surface area contributed by atoms with Gasteiger partial charge in [0.2, 0.25) is 0 Å². The zero-order chi connectivity index (χ0) is 22.5. The topological polar surface area (TPSA) is 77.3 Å². The number of pyridine rings is 1. The second-order valence-electron chi connectivity index (χ2n) is 9.04. The lowest BCUT2D eigenvalue weighted by Crippen LogP contribution is -2.53. The Balaban J connectivity index is 1.23. The second-order valence-corrected chi connectivity index (χ2v) is 9.47. The molecule has 168 valence electrons. The van der Waals surface area contributed by atoms with Gasteiger partial charge in [-0.15, -0.1) is 0 Å². The molecule has 7 nitrogen and oxygen atoms in total. The molecule has 0 radical (unpaired) electrons. The number of likely N-dealkylation sites (tertiary alicyclic amines) is 1. The van der Waals surface area contributed by atoms with E-state index in [1.165, 1.54) is 10.7 Å². The maximum absolute atomic E-state index is 13.0. The van der Waals surface area contributed by atoms with Gasteiger partial charge < -0.3 is 9.64 Å². The average molecular weight is 463 g/mol. The first kappa shape index (κ1) is 20.4. The van der Waals surface area contributed by atoms with Crippen molar-refractivity contribution in [3.63, 3.8) is 0 Å². The van der Waals surface area contributed by atoms with E-state index in [9.17, 15) is 9.59 Å². The highest BCUT2D eigenvalue weighted by atomic mass is 35.5. The molecule has 0 N–H and O–H groups in total. The minimum absolute atomic E-state index is 0.0734. The van der Waals surface area contributed by atoms with Crippen LogP contribution in [0.15, 0.2) is 53.5 Å². The Labute approximate surface area is 196 Å². The number of nitrogens with zero attached hydrogens (tertiary/aromatic N) is 4. The molecule has 0 bridgehead atoms. The summed E-state index contributed by atoms with van der Waals surface area (Å²) in [5.74, 6) is 1.05. The van der Waals surface area contributed by atoms with E-state index in [4.69, 9.17) is 16.3 Å². The van der Waals surface area contributed by atoms with E-state index >= 15 is 0 Å². The smallest absolute Gasteiger partial charge is 0.272 e. The van der Waals surface area contributed by atoms with Gasteiger partial charge >= 0.3 is 0 Å². The number of aromatic nitrogens is 3. The molecule has 1 amide bonds. The Morgan fingerprint density at radius 2 is 1.88 bits per heavy atom. The average Bonchev–Trinajstić information content (AvgIpc) is 3.69. The van der Waals surface area contributed by atoms with Gasteiger partial charge in [0.1, 0.15) is 11.4 Å². The van der Waals surface area contributed by atoms with Gasteiger partial charge in [0.15, 0.2) is 0 Å². The summed E-state index contributed by atoms with van der Waals surface area (Å²) in [5, 5.41) is 5.23. The van der Waals surface area contributed by atoms with E-state index in [2.05, 4.69) is 10.1 Å². The monoisotopic (exact) mass is 462 g/mol. The normalized spacial score (nSPS) is 18.2. The third-order valence-corrected chi connectivity index (χ3v) is 6.65. The van der Waals surface area contributed by atoms with Crippen molar-refractivity contribution >= 4 is 17.5 Å². The lowest BCUT2D eigenvalue weighted by Gasteiger charge is -2.39. The van der Waals surface area contributed by atoms with Crippen molar-refractivity contribution in [3.05, 3.63) is 75.3 Å². The molecule has 2 saturated carbocycles. The standard InChI is InChI=1S/C25H23ClN4O3/c26-16-5-8-20(22(12-16)33-18-6-7-18)21-9-10-23(31)30(28-21)17-13-29(14-17)25(32)24-19(15-3-4-15)2-1-11-27-24/h1-2,5,8-12,15,17-18H,3-4,6-7,13-14H2. The summed E-state index contributed by atoms with van der Waals surface area (Å²) < 4.78 is 7.50. The first-order valence-electron chi connectivity index (χ1n) is 11.4. The third-order valence-electron chi connectivity index (χ3n) is 6.42. The molecule has 3 aliphatic rings. The predicted molar refractivity (Wildman–Crippen MR) is 124 cm³/mol. The molecular weight excluding hydrogens is 440 g/mol. The van der Waals surface area contributed by atoms with Gasteiger partial charge in [-0.1, -0.05) is 17.7 Å². The van der Waals surface area contributed by atoms with E-state index in [1.807, 2.05) is 18.2 Å². The van der Waals surface area contributed by atoms with Gasteiger partial charge in [-0.05, 0) is 67.5 Å². The quantitative estimate of drug-likeness (QED) is 0.551. The van der Waals surface area contributed by atoms with Crippen LogP contribution in [0.25, 0.3) is 11.3 Å². The molecule has 2 aliphatic carbocycles. The Bertz CT molecular complexity index is 1290. The van der Waals surface area contributed by atoms with Crippen molar-refractivity contribution in [1.82, 2.24) is 19.7 Å². The lowest BCUT2D eigenvalue weighted by molar-refractivity contribution is 0.0486. The molecule has 3 heterocycles. The first-order valence-corrected chi connectivity index (χ1v) is 11.8. The summed E-state index contributed by atoms with van der Waals surface area (Å²) in [4.78, 5) is 31.7. The summed E-state index contributed by atoms with van der Waals surface area (Å²) in [6.07, 6.45) is 6.16. The molecular formula is C25H23ClN4O3. The van der Waals surface area contributed by atoms with Crippen LogP contribution >= 0.6 is 11.6 Å². The molecule has 3 fully saturated rings.